The number of nitrogens with two attached hydrogens (primary N) is 1. The maximum Gasteiger partial charge on any atom is 0.238 e. The maximum atomic E-state index is 11.0. The van der Waals surface area contributed by atoms with Gasteiger partial charge in [0.25, 0.3) is 0 Å². The van der Waals surface area contributed by atoms with Gasteiger partial charge in [-0.05, 0) is 29.9 Å². The Balaban J connectivity index is 2.26. The molecule has 0 radical (unpaired) electrons. The van der Waals surface area contributed by atoms with Gasteiger partial charge in [0.1, 0.15) is 0 Å². The molecule has 0 atom stereocenters. The average Bonchev–Trinajstić information content (AvgIpc) is 2.64. The number of nitrogens with one attached hydrogen (secondary N) is 1. The third kappa shape index (κ3) is 2.75. The summed E-state index contributed by atoms with van der Waals surface area (Å²) >= 11 is 4.91. The molecule has 1 aromatic heterocycles. The summed E-state index contributed by atoms with van der Waals surface area (Å²) in [6.45, 7) is 0.441. The second-order valence-electron chi connectivity index (χ2n) is 3.36. The molecule has 0 fully saturated rings. The highest BCUT2D eigenvalue weighted by Gasteiger charge is 2.07. The first-order valence-corrected chi connectivity index (χ1v) is 6.52. The van der Waals surface area contributed by atoms with E-state index in [1.807, 2.05) is 0 Å². The zero-order valence-corrected chi connectivity index (χ0v) is 10.2. The molecule has 0 aliphatic carbocycles. The van der Waals surface area contributed by atoms with Crippen LogP contribution in [0.25, 0.3) is 0 Å². The highest BCUT2D eigenvalue weighted by molar-refractivity contribution is 7.89. The van der Waals surface area contributed by atoms with Gasteiger partial charge >= 0.3 is 0 Å². The topological polar surface area (TPSA) is 107 Å². The van der Waals surface area contributed by atoms with Crippen LogP contribution < -0.4 is 5.14 Å². The van der Waals surface area contributed by atoms with Crippen molar-refractivity contribution in [2.45, 2.75) is 11.4 Å². The lowest BCUT2D eigenvalue weighted by Crippen LogP contribution is -2.12. The Kier molecular flexibility index (Phi) is 3.05. The molecule has 7 nitrogen and oxygen atoms in total. The summed E-state index contributed by atoms with van der Waals surface area (Å²) in [5, 5.41) is 14.8. The molecule has 2 aromatic rings. The van der Waals surface area contributed by atoms with Crippen LogP contribution in [0.15, 0.2) is 29.2 Å². The van der Waals surface area contributed by atoms with Crippen molar-refractivity contribution in [2.24, 2.45) is 5.14 Å². The largest absolute Gasteiger partial charge is 0.238 e. The highest BCUT2D eigenvalue weighted by atomic mass is 32.2. The molecule has 3 N–H and O–H groups in total. The quantitative estimate of drug-likeness (QED) is 0.766. The van der Waals surface area contributed by atoms with Crippen molar-refractivity contribution in [3.05, 3.63) is 34.6 Å². The van der Waals surface area contributed by atoms with Crippen molar-refractivity contribution in [3.8, 4) is 0 Å². The number of tetrazole rings is 1. The molecular weight excluding hydrogens is 262 g/mol. The molecule has 1 heterocycles. The lowest BCUT2D eigenvalue weighted by Gasteiger charge is -2.02. The van der Waals surface area contributed by atoms with Crippen molar-refractivity contribution in [2.75, 3.05) is 0 Å². The summed E-state index contributed by atoms with van der Waals surface area (Å²) in [6.07, 6.45) is 0. The van der Waals surface area contributed by atoms with Gasteiger partial charge in [-0.25, -0.2) is 18.2 Å². The van der Waals surface area contributed by atoms with Crippen LogP contribution in [-0.4, -0.2) is 28.6 Å². The van der Waals surface area contributed by atoms with Gasteiger partial charge in [-0.2, -0.15) is 5.21 Å². The molecule has 0 saturated carbocycles. The second-order valence-corrected chi connectivity index (χ2v) is 5.28. The number of nitrogens with zero attached hydrogens (tertiary/aromatic N) is 3. The summed E-state index contributed by atoms with van der Waals surface area (Å²) in [6, 6.07) is 6.20. The maximum absolute atomic E-state index is 11.0. The van der Waals surface area contributed by atoms with Gasteiger partial charge < -0.3 is 0 Å². The Morgan fingerprint density at radius 3 is 2.47 bits per heavy atom. The molecule has 0 unspecified atom stereocenters. The number of rotatable bonds is 3. The van der Waals surface area contributed by atoms with Crippen molar-refractivity contribution in [3.63, 3.8) is 0 Å². The van der Waals surface area contributed by atoms with Crippen LogP contribution in [-0.2, 0) is 16.6 Å². The number of aromatic amines is 1. The number of primary sulfonamides is 1. The Morgan fingerprint density at radius 2 is 2.00 bits per heavy atom. The fourth-order valence-electron chi connectivity index (χ4n) is 1.29. The van der Waals surface area contributed by atoms with Crippen LogP contribution >= 0.6 is 12.2 Å². The van der Waals surface area contributed by atoms with E-state index < -0.39 is 10.0 Å². The van der Waals surface area contributed by atoms with Crippen molar-refractivity contribution in [1.29, 1.82) is 0 Å². The number of aromatic nitrogens is 4. The molecule has 90 valence electrons. The number of benzene rings is 1. The third-order valence-corrected chi connectivity index (χ3v) is 3.36. The second kappa shape index (κ2) is 4.35. The zero-order valence-electron chi connectivity index (χ0n) is 8.57. The van der Waals surface area contributed by atoms with Gasteiger partial charge in [-0.1, -0.05) is 22.4 Å². The average molecular weight is 271 g/mol. The first kappa shape index (κ1) is 11.9. The first-order chi connectivity index (χ1) is 7.97. The van der Waals surface area contributed by atoms with Gasteiger partial charge in [-0.15, -0.1) is 0 Å². The summed E-state index contributed by atoms with van der Waals surface area (Å²) in [5.74, 6) is 0. The number of sulfonamides is 1. The summed E-state index contributed by atoms with van der Waals surface area (Å²) in [4.78, 5) is 0.0765. The molecule has 0 bridgehead atoms. The molecule has 0 aliphatic rings. The number of hydrogen-bond acceptors (Lipinski definition) is 5. The van der Waals surface area contributed by atoms with Crippen LogP contribution in [0.3, 0.4) is 0 Å². The van der Waals surface area contributed by atoms with Crippen LogP contribution in [0.5, 0.6) is 0 Å². The predicted molar refractivity (Wildman–Crippen MR) is 62.1 cm³/mol. The molecule has 1 aromatic carbocycles. The Hall–Kier alpha value is -1.58. The number of H-pyrrole nitrogens is 1. The van der Waals surface area contributed by atoms with E-state index in [-0.39, 0.29) is 4.90 Å². The van der Waals surface area contributed by atoms with Gasteiger partial charge in [0.2, 0.25) is 14.8 Å². The molecule has 0 saturated heterocycles. The molecule has 0 spiro atoms. The van der Waals surface area contributed by atoms with Crippen molar-refractivity contribution >= 4 is 22.2 Å². The highest BCUT2D eigenvalue weighted by Crippen LogP contribution is 2.09. The lowest BCUT2D eigenvalue weighted by atomic mass is 10.2. The van der Waals surface area contributed by atoms with Crippen LogP contribution in [0.1, 0.15) is 5.56 Å². The van der Waals surface area contributed by atoms with E-state index in [2.05, 4.69) is 15.5 Å². The monoisotopic (exact) mass is 271 g/mol. The van der Waals surface area contributed by atoms with Crippen LogP contribution in [0.4, 0.5) is 0 Å². The standard InChI is InChI=1S/C8H9N5O2S2/c9-17(14,15)7-3-1-6(2-4-7)5-13-8(16)10-11-12-13/h1-4H,5H2,(H2,9,14,15)(H,10,12,16). The molecule has 0 aliphatic heterocycles. The summed E-state index contributed by atoms with van der Waals surface area (Å²) < 4.78 is 24.0. The van der Waals surface area contributed by atoms with E-state index in [9.17, 15) is 8.42 Å². The molecule has 0 amide bonds. The Labute approximate surface area is 102 Å². The normalized spacial score (nSPS) is 11.6. The fraction of sp³-hybridized carbons (Fsp3) is 0.125. The zero-order chi connectivity index (χ0) is 12.5. The summed E-state index contributed by atoms with van der Waals surface area (Å²) in [7, 11) is -3.65. The lowest BCUT2D eigenvalue weighted by molar-refractivity contribution is 0.597. The van der Waals surface area contributed by atoms with Gasteiger partial charge in [0.05, 0.1) is 11.4 Å². The molecule has 9 heteroatoms. The molecular formula is C8H9N5O2S2. The van der Waals surface area contributed by atoms with E-state index in [1.54, 1.807) is 16.8 Å². The minimum atomic E-state index is -3.65. The van der Waals surface area contributed by atoms with E-state index in [4.69, 9.17) is 17.4 Å². The minimum Gasteiger partial charge on any atom is -0.238 e. The fourth-order valence-corrected chi connectivity index (χ4v) is 1.95. The minimum absolute atomic E-state index is 0.0765. The van der Waals surface area contributed by atoms with Crippen LogP contribution in [0, 0.1) is 4.77 Å². The summed E-state index contributed by atoms with van der Waals surface area (Å²) in [5.41, 5.74) is 0.861. The Bertz CT molecular complexity index is 670. The van der Waals surface area contributed by atoms with E-state index >= 15 is 0 Å². The van der Waals surface area contributed by atoms with Crippen molar-refractivity contribution < 1.29 is 8.42 Å². The number of hydrogen-bond donors (Lipinski definition) is 2. The van der Waals surface area contributed by atoms with Crippen LogP contribution in [0.2, 0.25) is 0 Å². The van der Waals surface area contributed by atoms with E-state index in [1.165, 1.54) is 12.1 Å². The molecule has 2 rings (SSSR count). The van der Waals surface area contributed by atoms with Crippen molar-refractivity contribution in [1.82, 2.24) is 20.2 Å². The smallest absolute Gasteiger partial charge is 0.238 e. The van der Waals surface area contributed by atoms with E-state index in [0.717, 1.165) is 5.56 Å². The van der Waals surface area contributed by atoms with Gasteiger partial charge in [-0.3, -0.25) is 0 Å². The predicted octanol–water partition coefficient (Wildman–Crippen LogP) is 0.0314. The van der Waals surface area contributed by atoms with E-state index in [0.29, 0.717) is 11.3 Å². The SMILES string of the molecule is NS(=O)(=O)c1ccc(Cn2[nH]nnc2=S)cc1. The Morgan fingerprint density at radius 1 is 1.35 bits per heavy atom. The molecule has 17 heavy (non-hydrogen) atoms. The first-order valence-electron chi connectivity index (χ1n) is 4.56. The third-order valence-electron chi connectivity index (χ3n) is 2.12. The van der Waals surface area contributed by atoms with Gasteiger partial charge in [0.15, 0.2) is 0 Å². The van der Waals surface area contributed by atoms with Gasteiger partial charge in [0, 0.05) is 0 Å².